The molecule has 0 saturated carbocycles. The molecule has 0 bridgehead atoms. The summed E-state index contributed by atoms with van der Waals surface area (Å²) >= 11 is 0. The number of amides is 1. The van der Waals surface area contributed by atoms with Crippen LogP contribution in [0.5, 0.6) is 5.75 Å². The molecule has 0 unspecified atom stereocenters. The number of alkyl carbamates (subject to hydrolysis) is 1. The van der Waals surface area contributed by atoms with E-state index in [0.717, 1.165) is 11.1 Å². The number of carbonyl (C=O) groups is 2. The van der Waals surface area contributed by atoms with Crippen LogP contribution in [0.25, 0.3) is 0 Å². The van der Waals surface area contributed by atoms with Gasteiger partial charge in [0, 0.05) is 24.7 Å². The Morgan fingerprint density at radius 1 is 1.12 bits per heavy atom. The van der Waals surface area contributed by atoms with Gasteiger partial charge in [0.15, 0.2) is 0 Å². The molecular formula is C19H22N2O4. The minimum absolute atomic E-state index is 0.188. The van der Waals surface area contributed by atoms with Crippen molar-refractivity contribution >= 4 is 17.7 Å². The van der Waals surface area contributed by atoms with Crippen molar-refractivity contribution in [1.29, 1.82) is 0 Å². The first-order valence-electron chi connectivity index (χ1n) is 8.06. The van der Waals surface area contributed by atoms with Crippen LogP contribution in [0.4, 0.5) is 10.5 Å². The predicted octanol–water partition coefficient (Wildman–Crippen LogP) is 3.19. The monoisotopic (exact) mass is 342 g/mol. The first kappa shape index (κ1) is 18.3. The maximum atomic E-state index is 11.8. The van der Waals surface area contributed by atoms with Crippen LogP contribution in [0, 0.1) is 6.92 Å². The highest BCUT2D eigenvalue weighted by molar-refractivity contribution is 5.73. The average Bonchev–Trinajstić information content (AvgIpc) is 2.61. The van der Waals surface area contributed by atoms with E-state index >= 15 is 0 Å². The summed E-state index contributed by atoms with van der Waals surface area (Å²) in [7, 11) is 0. The molecule has 0 aliphatic rings. The quantitative estimate of drug-likeness (QED) is 0.349. The zero-order valence-corrected chi connectivity index (χ0v) is 14.2. The van der Waals surface area contributed by atoms with E-state index in [1.807, 2.05) is 37.3 Å². The fourth-order valence-electron chi connectivity index (χ4n) is 2.10. The Balaban J connectivity index is 1.62. The van der Waals surface area contributed by atoms with Crippen molar-refractivity contribution in [3.05, 3.63) is 59.7 Å². The topological polar surface area (TPSA) is 90.6 Å². The van der Waals surface area contributed by atoms with Gasteiger partial charge in [-0.25, -0.2) is 4.79 Å². The molecule has 0 atom stereocenters. The van der Waals surface area contributed by atoms with Crippen LogP contribution in [0.1, 0.15) is 24.0 Å². The van der Waals surface area contributed by atoms with Gasteiger partial charge in [-0.2, -0.15) is 0 Å². The van der Waals surface area contributed by atoms with Crippen LogP contribution in [-0.2, 0) is 16.1 Å². The van der Waals surface area contributed by atoms with E-state index in [1.165, 1.54) is 0 Å². The Kier molecular flexibility index (Phi) is 6.83. The Morgan fingerprint density at radius 2 is 1.88 bits per heavy atom. The Labute approximate surface area is 146 Å². The minimum Gasteiger partial charge on any atom is -0.445 e. The second-order valence-electron chi connectivity index (χ2n) is 5.59. The van der Waals surface area contributed by atoms with Gasteiger partial charge in [0.1, 0.15) is 12.4 Å². The number of ether oxygens (including phenoxy) is 2. The Hall–Kier alpha value is -3.02. The summed E-state index contributed by atoms with van der Waals surface area (Å²) in [5.74, 6) is 0.0911. The molecule has 0 aliphatic heterocycles. The largest absolute Gasteiger partial charge is 0.445 e. The zero-order chi connectivity index (χ0) is 18.1. The molecule has 0 fully saturated rings. The minimum atomic E-state index is -0.510. The van der Waals surface area contributed by atoms with Gasteiger partial charge in [0.05, 0.1) is 0 Å². The summed E-state index contributed by atoms with van der Waals surface area (Å²) < 4.78 is 10.4. The average molecular weight is 342 g/mol. The molecule has 25 heavy (non-hydrogen) atoms. The van der Waals surface area contributed by atoms with E-state index in [2.05, 4.69) is 5.32 Å². The summed E-state index contributed by atoms with van der Waals surface area (Å²) in [6.45, 7) is 2.38. The lowest BCUT2D eigenvalue weighted by Gasteiger charge is -2.09. The number of hydrogen-bond donors (Lipinski definition) is 2. The van der Waals surface area contributed by atoms with Crippen molar-refractivity contribution < 1.29 is 19.1 Å². The van der Waals surface area contributed by atoms with Crippen LogP contribution < -0.4 is 15.8 Å². The Morgan fingerprint density at radius 3 is 2.64 bits per heavy atom. The van der Waals surface area contributed by atoms with Gasteiger partial charge in [0.25, 0.3) is 0 Å². The summed E-state index contributed by atoms with van der Waals surface area (Å²) in [6, 6.07) is 14.6. The lowest BCUT2D eigenvalue weighted by Crippen LogP contribution is -2.26. The number of nitrogens with two attached hydrogens (primary N) is 1. The van der Waals surface area contributed by atoms with Gasteiger partial charge in [-0.05, 0) is 30.5 Å². The molecule has 6 nitrogen and oxygen atoms in total. The third-order valence-electron chi connectivity index (χ3n) is 3.48. The molecule has 6 heteroatoms. The molecule has 0 heterocycles. The van der Waals surface area contributed by atoms with E-state index < -0.39 is 6.09 Å². The lowest BCUT2D eigenvalue weighted by atomic mass is 10.2. The van der Waals surface area contributed by atoms with Gasteiger partial charge in [-0.15, -0.1) is 0 Å². The van der Waals surface area contributed by atoms with Crippen molar-refractivity contribution in [2.45, 2.75) is 26.4 Å². The molecule has 0 aromatic heterocycles. The number of carbonyl (C=O) groups excluding carboxylic acids is 2. The normalized spacial score (nSPS) is 10.1. The molecule has 3 N–H and O–H groups in total. The van der Waals surface area contributed by atoms with Gasteiger partial charge in [-0.3, -0.25) is 4.79 Å². The molecular weight excluding hydrogens is 320 g/mol. The number of nitrogens with one attached hydrogen (secondary N) is 1. The summed E-state index contributed by atoms with van der Waals surface area (Å²) in [4.78, 5) is 23.4. The number of rotatable bonds is 7. The van der Waals surface area contributed by atoms with Crippen molar-refractivity contribution in [3.63, 3.8) is 0 Å². The summed E-state index contributed by atoms with van der Waals surface area (Å²) in [5.41, 5.74) is 7.97. The predicted molar refractivity (Wildman–Crippen MR) is 95.1 cm³/mol. The van der Waals surface area contributed by atoms with Crippen molar-refractivity contribution in [3.8, 4) is 5.75 Å². The third kappa shape index (κ3) is 6.55. The van der Waals surface area contributed by atoms with Crippen molar-refractivity contribution in [2.75, 3.05) is 12.3 Å². The molecule has 1 amide bonds. The van der Waals surface area contributed by atoms with Crippen LogP contribution in [0.2, 0.25) is 0 Å². The van der Waals surface area contributed by atoms with E-state index in [0.29, 0.717) is 24.4 Å². The molecule has 0 radical (unpaired) electrons. The summed E-state index contributed by atoms with van der Waals surface area (Å²) in [5, 5.41) is 2.60. The number of nitrogen functional groups attached to an aromatic ring is 1. The fourth-order valence-corrected chi connectivity index (χ4v) is 2.10. The van der Waals surface area contributed by atoms with Crippen LogP contribution >= 0.6 is 0 Å². The highest BCUT2D eigenvalue weighted by Crippen LogP contribution is 2.21. The first-order chi connectivity index (χ1) is 12.0. The molecule has 2 rings (SSSR count). The van der Waals surface area contributed by atoms with Gasteiger partial charge >= 0.3 is 12.1 Å². The number of esters is 1. The SMILES string of the molecule is Cc1ccc(N)cc1OC(=O)CCCNC(=O)OCc1ccccc1. The molecule has 0 aliphatic carbocycles. The highest BCUT2D eigenvalue weighted by atomic mass is 16.5. The number of anilines is 1. The van der Waals surface area contributed by atoms with Crippen LogP contribution in [0.3, 0.4) is 0 Å². The van der Waals surface area contributed by atoms with Gasteiger partial charge < -0.3 is 20.5 Å². The second-order valence-corrected chi connectivity index (χ2v) is 5.59. The maximum absolute atomic E-state index is 11.8. The van der Waals surface area contributed by atoms with Crippen LogP contribution in [-0.4, -0.2) is 18.6 Å². The highest BCUT2D eigenvalue weighted by Gasteiger charge is 2.08. The van der Waals surface area contributed by atoms with E-state index in [-0.39, 0.29) is 19.0 Å². The van der Waals surface area contributed by atoms with E-state index in [9.17, 15) is 9.59 Å². The molecule has 0 spiro atoms. The van der Waals surface area contributed by atoms with Crippen molar-refractivity contribution in [1.82, 2.24) is 5.32 Å². The van der Waals surface area contributed by atoms with Gasteiger partial charge in [-0.1, -0.05) is 36.4 Å². The van der Waals surface area contributed by atoms with Crippen LogP contribution in [0.15, 0.2) is 48.5 Å². The fraction of sp³-hybridized carbons (Fsp3) is 0.263. The first-order valence-corrected chi connectivity index (χ1v) is 8.06. The van der Waals surface area contributed by atoms with E-state index in [4.69, 9.17) is 15.2 Å². The number of benzene rings is 2. The molecule has 2 aromatic rings. The summed E-state index contributed by atoms with van der Waals surface area (Å²) in [6.07, 6.45) is 0.136. The lowest BCUT2D eigenvalue weighted by molar-refractivity contribution is -0.134. The van der Waals surface area contributed by atoms with Gasteiger partial charge in [0.2, 0.25) is 0 Å². The second kappa shape index (κ2) is 9.32. The smallest absolute Gasteiger partial charge is 0.407 e. The molecule has 2 aromatic carbocycles. The third-order valence-corrected chi connectivity index (χ3v) is 3.48. The molecule has 132 valence electrons. The zero-order valence-electron chi connectivity index (χ0n) is 14.2. The van der Waals surface area contributed by atoms with Crippen molar-refractivity contribution in [2.24, 2.45) is 0 Å². The molecule has 0 saturated heterocycles. The maximum Gasteiger partial charge on any atom is 0.407 e. The number of aryl methyl sites for hydroxylation is 1. The standard InChI is InChI=1S/C19H22N2O4/c1-14-9-10-16(20)12-17(14)25-18(22)8-5-11-21-19(23)24-13-15-6-3-2-4-7-15/h2-4,6-7,9-10,12H,5,8,11,13,20H2,1H3,(H,21,23). The number of hydrogen-bond acceptors (Lipinski definition) is 5. The Bertz CT molecular complexity index is 717. The van der Waals surface area contributed by atoms with E-state index in [1.54, 1.807) is 18.2 Å².